The largest absolute Gasteiger partial charge is 0.363 e. The molecule has 1 fully saturated rings. The van der Waals surface area contributed by atoms with E-state index in [2.05, 4.69) is 0 Å². The lowest BCUT2D eigenvalue weighted by Gasteiger charge is -2.09. The van der Waals surface area contributed by atoms with Crippen LogP contribution in [0.4, 0.5) is 23.2 Å². The lowest BCUT2D eigenvalue weighted by Crippen LogP contribution is -2.07. The predicted molar refractivity (Wildman–Crippen MR) is 43.2 cm³/mol. The summed E-state index contributed by atoms with van der Waals surface area (Å²) in [5, 5.41) is 0. The summed E-state index contributed by atoms with van der Waals surface area (Å²) in [6, 6.07) is 0. The molecule has 0 saturated carbocycles. The molecule has 76 valence electrons. The van der Waals surface area contributed by atoms with Gasteiger partial charge in [0.2, 0.25) is 0 Å². The molecule has 1 nitrogen and oxygen atoms in total. The van der Waals surface area contributed by atoms with Gasteiger partial charge in [0.1, 0.15) is 5.69 Å². The third-order valence-electron chi connectivity index (χ3n) is 2.22. The minimum Gasteiger partial charge on any atom is -0.363 e. The Hall–Kier alpha value is -1.26. The predicted octanol–water partition coefficient (Wildman–Crippen LogP) is 2.37. The third-order valence-corrected chi connectivity index (χ3v) is 2.22. The summed E-state index contributed by atoms with van der Waals surface area (Å²) < 4.78 is 52.4. The molecule has 14 heavy (non-hydrogen) atoms. The molecule has 5 heteroatoms. The number of benzene rings is 1. The number of hydrogen-bond acceptors (Lipinski definition) is 1. The lowest BCUT2D eigenvalue weighted by molar-refractivity contribution is 0.448. The van der Waals surface area contributed by atoms with Crippen molar-refractivity contribution in [2.45, 2.75) is 6.92 Å². The van der Waals surface area contributed by atoms with Crippen LogP contribution in [-0.2, 0) is 0 Å². The van der Waals surface area contributed by atoms with Crippen LogP contribution in [0.3, 0.4) is 0 Å². The average Bonchev–Trinajstić information content (AvgIpc) is 2.96. The van der Waals surface area contributed by atoms with Gasteiger partial charge in [-0.3, -0.25) is 0 Å². The van der Waals surface area contributed by atoms with Crippen LogP contribution in [0.15, 0.2) is 0 Å². The van der Waals surface area contributed by atoms with Crippen molar-refractivity contribution in [2.24, 2.45) is 0 Å². The maximum absolute atomic E-state index is 13.2. The Labute approximate surface area is 77.9 Å². The molecule has 0 N–H and O–H groups in total. The highest BCUT2D eigenvalue weighted by molar-refractivity contribution is 5.55. The summed E-state index contributed by atoms with van der Waals surface area (Å²) in [4.78, 5) is 1.23. The SMILES string of the molecule is Cc1c(F)c(F)c(N2CC2)c(F)c1F. The minimum atomic E-state index is -1.31. The van der Waals surface area contributed by atoms with Gasteiger partial charge >= 0.3 is 0 Å². The highest BCUT2D eigenvalue weighted by Gasteiger charge is 2.31. The van der Waals surface area contributed by atoms with Crippen molar-refractivity contribution in [3.8, 4) is 0 Å². The minimum absolute atomic E-state index is 0.426. The Kier molecular flexibility index (Phi) is 1.90. The standard InChI is InChI=1S/C9H7F4N/c1-4-5(10)7(12)9(14-2-3-14)8(13)6(4)11/h2-3H2,1H3. The summed E-state index contributed by atoms with van der Waals surface area (Å²) in [6.45, 7) is 1.86. The molecule has 1 aromatic rings. The molecule has 2 rings (SSSR count). The summed E-state index contributed by atoms with van der Waals surface area (Å²) >= 11 is 0. The summed E-state index contributed by atoms with van der Waals surface area (Å²) in [6.07, 6.45) is 0. The maximum Gasteiger partial charge on any atom is 0.185 e. The highest BCUT2D eigenvalue weighted by Crippen LogP contribution is 2.33. The molecule has 0 unspecified atom stereocenters. The fraction of sp³-hybridized carbons (Fsp3) is 0.333. The fourth-order valence-electron chi connectivity index (χ4n) is 1.28. The van der Waals surface area contributed by atoms with Crippen molar-refractivity contribution >= 4 is 5.69 Å². The molecule has 1 aliphatic rings. The van der Waals surface area contributed by atoms with Crippen molar-refractivity contribution < 1.29 is 17.6 Å². The first kappa shape index (κ1) is 9.30. The van der Waals surface area contributed by atoms with Crippen LogP contribution >= 0.6 is 0 Å². The lowest BCUT2D eigenvalue weighted by atomic mass is 10.1. The molecule has 0 aliphatic carbocycles. The Morgan fingerprint density at radius 2 is 1.29 bits per heavy atom. The van der Waals surface area contributed by atoms with Crippen molar-refractivity contribution in [1.29, 1.82) is 0 Å². The molecule has 1 saturated heterocycles. The van der Waals surface area contributed by atoms with Gasteiger partial charge in [0.25, 0.3) is 0 Å². The topological polar surface area (TPSA) is 3.01 Å². The molecule has 0 bridgehead atoms. The van der Waals surface area contributed by atoms with E-state index in [1.807, 2.05) is 0 Å². The molecule has 0 radical (unpaired) electrons. The second-order valence-electron chi connectivity index (χ2n) is 3.22. The second-order valence-corrected chi connectivity index (χ2v) is 3.22. The second kappa shape index (κ2) is 2.87. The Balaban J connectivity index is 2.69. The van der Waals surface area contributed by atoms with Crippen LogP contribution in [0.2, 0.25) is 0 Å². The smallest absolute Gasteiger partial charge is 0.185 e. The van der Waals surface area contributed by atoms with E-state index in [0.29, 0.717) is 13.1 Å². The normalized spacial score (nSPS) is 14.8. The van der Waals surface area contributed by atoms with E-state index in [0.717, 1.165) is 6.92 Å². The van der Waals surface area contributed by atoms with Gasteiger partial charge in [-0.1, -0.05) is 0 Å². The summed E-state index contributed by atoms with van der Waals surface area (Å²) in [5.74, 6) is -5.24. The fourth-order valence-corrected chi connectivity index (χ4v) is 1.28. The van der Waals surface area contributed by atoms with E-state index >= 15 is 0 Å². The van der Waals surface area contributed by atoms with Crippen LogP contribution < -0.4 is 4.90 Å². The van der Waals surface area contributed by atoms with Gasteiger partial charge in [0, 0.05) is 18.7 Å². The van der Waals surface area contributed by atoms with Gasteiger partial charge in [-0.2, -0.15) is 0 Å². The number of halogens is 4. The highest BCUT2D eigenvalue weighted by atomic mass is 19.2. The maximum atomic E-state index is 13.2. The quantitative estimate of drug-likeness (QED) is 0.386. The van der Waals surface area contributed by atoms with Crippen LogP contribution in [0.1, 0.15) is 5.56 Å². The first-order valence-corrected chi connectivity index (χ1v) is 4.11. The Morgan fingerprint density at radius 3 is 1.64 bits per heavy atom. The van der Waals surface area contributed by atoms with Gasteiger partial charge in [-0.05, 0) is 6.92 Å². The summed E-state index contributed by atoms with van der Waals surface area (Å²) in [7, 11) is 0. The van der Waals surface area contributed by atoms with Gasteiger partial charge in [-0.15, -0.1) is 0 Å². The zero-order chi connectivity index (χ0) is 10.5. The zero-order valence-corrected chi connectivity index (χ0v) is 7.37. The third kappa shape index (κ3) is 1.15. The first-order valence-electron chi connectivity index (χ1n) is 4.11. The van der Waals surface area contributed by atoms with Crippen molar-refractivity contribution in [3.05, 3.63) is 28.8 Å². The average molecular weight is 205 g/mol. The Morgan fingerprint density at radius 1 is 0.857 bits per heavy atom. The van der Waals surface area contributed by atoms with E-state index in [1.165, 1.54) is 4.90 Å². The van der Waals surface area contributed by atoms with Crippen molar-refractivity contribution in [3.63, 3.8) is 0 Å². The monoisotopic (exact) mass is 205 g/mol. The van der Waals surface area contributed by atoms with Crippen molar-refractivity contribution in [2.75, 3.05) is 18.0 Å². The van der Waals surface area contributed by atoms with E-state index in [9.17, 15) is 17.6 Å². The number of hydrogen-bond donors (Lipinski definition) is 0. The molecule has 1 aliphatic heterocycles. The molecule has 1 heterocycles. The van der Waals surface area contributed by atoms with E-state index in [1.54, 1.807) is 0 Å². The zero-order valence-electron chi connectivity index (χ0n) is 7.37. The molecular formula is C9H7F4N. The molecule has 0 spiro atoms. The van der Waals surface area contributed by atoms with E-state index in [-0.39, 0.29) is 0 Å². The van der Waals surface area contributed by atoms with Crippen LogP contribution in [-0.4, -0.2) is 13.1 Å². The summed E-state index contributed by atoms with van der Waals surface area (Å²) in [5.41, 5.74) is -1.21. The Bertz CT molecular complexity index is 369. The number of rotatable bonds is 1. The molecule has 0 amide bonds. The molecule has 0 aromatic heterocycles. The van der Waals surface area contributed by atoms with Crippen LogP contribution in [0.5, 0.6) is 0 Å². The van der Waals surface area contributed by atoms with Crippen molar-refractivity contribution in [1.82, 2.24) is 0 Å². The number of nitrogens with zero attached hydrogens (tertiary/aromatic N) is 1. The van der Waals surface area contributed by atoms with E-state index in [4.69, 9.17) is 0 Å². The first-order chi connectivity index (χ1) is 6.54. The molecule has 0 atom stereocenters. The van der Waals surface area contributed by atoms with Gasteiger partial charge < -0.3 is 4.90 Å². The molecule has 1 aromatic carbocycles. The van der Waals surface area contributed by atoms with Gasteiger partial charge in [0.05, 0.1) is 0 Å². The van der Waals surface area contributed by atoms with Crippen LogP contribution in [0, 0.1) is 30.2 Å². The van der Waals surface area contributed by atoms with E-state index < -0.39 is 34.5 Å². The van der Waals surface area contributed by atoms with Gasteiger partial charge in [-0.25, -0.2) is 17.6 Å². The number of anilines is 1. The van der Waals surface area contributed by atoms with Crippen LogP contribution in [0.25, 0.3) is 0 Å². The molecular weight excluding hydrogens is 198 g/mol. The van der Waals surface area contributed by atoms with Gasteiger partial charge in [0.15, 0.2) is 23.3 Å².